The molecule has 2 N–H and O–H groups in total. The number of hydrogen-bond acceptors (Lipinski definition) is 8. The van der Waals surface area contributed by atoms with Gasteiger partial charge in [0, 0.05) is 47.8 Å². The summed E-state index contributed by atoms with van der Waals surface area (Å²) in [6, 6.07) is 1.57. The third kappa shape index (κ3) is 4.53. The lowest BCUT2D eigenvalue weighted by atomic mass is 10.0. The van der Waals surface area contributed by atoms with E-state index in [1.807, 2.05) is 16.3 Å². The van der Waals surface area contributed by atoms with Crippen LogP contribution < -0.4 is 10.2 Å². The molecule has 2 fully saturated rings. The third-order valence-corrected chi connectivity index (χ3v) is 8.05. The fourth-order valence-electron chi connectivity index (χ4n) is 5.56. The molecule has 3 aromatic heterocycles. The van der Waals surface area contributed by atoms with Gasteiger partial charge in [0.1, 0.15) is 5.82 Å². The number of aromatic amines is 1. The summed E-state index contributed by atoms with van der Waals surface area (Å²) < 4.78 is 28.8. The highest BCUT2D eigenvalue weighted by Gasteiger charge is 2.42. The minimum atomic E-state index is -2.86. The molecule has 1 aliphatic heterocycles. The summed E-state index contributed by atoms with van der Waals surface area (Å²) in [6.07, 6.45) is 7.30. The van der Waals surface area contributed by atoms with Gasteiger partial charge in [-0.05, 0) is 25.7 Å². The standard InChI is InChI=1S/C24H27F2N7OS/c25-24(26)12-15-17(13-24)28-23(33-8-3-6-18(33)19(34)11-21-27-7-9-35-21)30-22(15)29-20-10-16(31-32-20)14-4-1-2-5-14/h7,9-10,14,18H,1-6,8,11-13H2,(H2,28,29,30,31,32). The van der Waals surface area contributed by atoms with Crippen LogP contribution in [0.1, 0.15) is 66.4 Å². The van der Waals surface area contributed by atoms with E-state index in [1.54, 1.807) is 6.20 Å². The Kier molecular flexibility index (Phi) is 5.74. The summed E-state index contributed by atoms with van der Waals surface area (Å²) in [6.45, 7) is 0.608. The Labute approximate surface area is 205 Å². The van der Waals surface area contributed by atoms with Gasteiger partial charge < -0.3 is 10.2 Å². The number of alkyl halides is 2. The minimum absolute atomic E-state index is 0.0508. The second-order valence-corrected chi connectivity index (χ2v) is 10.7. The zero-order chi connectivity index (χ0) is 24.0. The predicted molar refractivity (Wildman–Crippen MR) is 129 cm³/mol. The SMILES string of the molecule is O=C(Cc1nccs1)C1CCCN1c1nc2c(c(Nc3cc(C4CCCC4)[nH]n3)n1)CC(F)(F)C2. The van der Waals surface area contributed by atoms with E-state index in [9.17, 15) is 13.6 Å². The summed E-state index contributed by atoms with van der Waals surface area (Å²) in [4.78, 5) is 28.4. The highest BCUT2D eigenvalue weighted by Crippen LogP contribution is 2.40. The number of carbonyl (C=O) groups excluding carboxylic acids is 1. The number of fused-ring (bicyclic) bond motifs is 1. The maximum absolute atomic E-state index is 14.4. The van der Waals surface area contributed by atoms with Crippen molar-refractivity contribution in [2.75, 3.05) is 16.8 Å². The molecule has 0 bridgehead atoms. The van der Waals surface area contributed by atoms with Crippen LogP contribution in [0.5, 0.6) is 0 Å². The molecular formula is C24H27F2N7OS. The van der Waals surface area contributed by atoms with E-state index < -0.39 is 18.8 Å². The minimum Gasteiger partial charge on any atom is -0.331 e. The van der Waals surface area contributed by atoms with E-state index >= 15 is 0 Å². The molecule has 1 saturated carbocycles. The highest BCUT2D eigenvalue weighted by molar-refractivity contribution is 7.09. The van der Waals surface area contributed by atoms with Gasteiger partial charge in [0.05, 0.1) is 29.6 Å². The van der Waals surface area contributed by atoms with Gasteiger partial charge in [-0.2, -0.15) is 10.1 Å². The topological polar surface area (TPSA) is 99.7 Å². The van der Waals surface area contributed by atoms with Crippen molar-refractivity contribution >= 4 is 34.7 Å². The molecule has 8 nitrogen and oxygen atoms in total. The Bertz CT molecular complexity index is 1220. The van der Waals surface area contributed by atoms with Crippen molar-refractivity contribution in [3.63, 3.8) is 0 Å². The van der Waals surface area contributed by atoms with Crippen molar-refractivity contribution in [2.24, 2.45) is 0 Å². The quantitative estimate of drug-likeness (QED) is 0.491. The summed E-state index contributed by atoms with van der Waals surface area (Å²) >= 11 is 1.45. The molecule has 2 aliphatic carbocycles. The summed E-state index contributed by atoms with van der Waals surface area (Å²) in [5.41, 5.74) is 1.83. The zero-order valence-corrected chi connectivity index (χ0v) is 20.1. The average molecular weight is 500 g/mol. The third-order valence-electron chi connectivity index (χ3n) is 7.27. The second kappa shape index (κ2) is 8.92. The summed E-state index contributed by atoms with van der Waals surface area (Å²) in [7, 11) is 0. The number of H-pyrrole nitrogens is 1. The molecule has 35 heavy (non-hydrogen) atoms. The monoisotopic (exact) mass is 499 g/mol. The number of ketones is 1. The highest BCUT2D eigenvalue weighted by atomic mass is 32.1. The summed E-state index contributed by atoms with van der Waals surface area (Å²) in [5.74, 6) is -1.11. The van der Waals surface area contributed by atoms with Crippen LogP contribution >= 0.6 is 11.3 Å². The maximum atomic E-state index is 14.4. The lowest BCUT2D eigenvalue weighted by molar-refractivity contribution is -0.119. The van der Waals surface area contributed by atoms with E-state index in [-0.39, 0.29) is 18.2 Å². The molecule has 1 atom stereocenters. The van der Waals surface area contributed by atoms with Crippen LogP contribution in [-0.2, 0) is 24.1 Å². The predicted octanol–water partition coefficient (Wildman–Crippen LogP) is 4.57. The number of nitrogens with zero attached hydrogens (tertiary/aromatic N) is 5. The van der Waals surface area contributed by atoms with E-state index in [1.165, 1.54) is 24.2 Å². The fraction of sp³-hybridized carbons (Fsp3) is 0.542. The number of hydrogen-bond donors (Lipinski definition) is 2. The number of aromatic nitrogens is 5. The van der Waals surface area contributed by atoms with E-state index in [2.05, 4.69) is 30.5 Å². The number of thiazole rings is 1. The maximum Gasteiger partial charge on any atom is 0.257 e. The molecule has 4 heterocycles. The van der Waals surface area contributed by atoms with Crippen LogP contribution in [0.4, 0.5) is 26.4 Å². The number of nitrogens with one attached hydrogen (secondary N) is 2. The van der Waals surface area contributed by atoms with Crippen molar-refractivity contribution in [3.05, 3.63) is 39.6 Å². The van der Waals surface area contributed by atoms with Crippen molar-refractivity contribution in [2.45, 2.75) is 75.7 Å². The molecule has 6 rings (SSSR count). The first-order valence-corrected chi connectivity index (χ1v) is 13.1. The first-order chi connectivity index (χ1) is 16.9. The fourth-order valence-corrected chi connectivity index (χ4v) is 6.19. The Morgan fingerprint density at radius 3 is 2.86 bits per heavy atom. The Morgan fingerprint density at radius 2 is 2.06 bits per heavy atom. The van der Waals surface area contributed by atoms with E-state index in [4.69, 9.17) is 0 Å². The largest absolute Gasteiger partial charge is 0.331 e. The van der Waals surface area contributed by atoms with Crippen molar-refractivity contribution in [3.8, 4) is 0 Å². The van der Waals surface area contributed by atoms with Gasteiger partial charge in [-0.3, -0.25) is 9.89 Å². The zero-order valence-electron chi connectivity index (χ0n) is 19.3. The Balaban J connectivity index is 1.29. The number of rotatable bonds is 7. The molecule has 3 aliphatic rings. The molecule has 184 valence electrons. The van der Waals surface area contributed by atoms with Crippen molar-refractivity contribution in [1.29, 1.82) is 0 Å². The van der Waals surface area contributed by atoms with Gasteiger partial charge in [0.2, 0.25) is 5.95 Å². The Hall–Kier alpha value is -2.95. The van der Waals surface area contributed by atoms with Crippen LogP contribution in [0.25, 0.3) is 0 Å². The van der Waals surface area contributed by atoms with Crippen molar-refractivity contribution < 1.29 is 13.6 Å². The van der Waals surface area contributed by atoms with Gasteiger partial charge in [0.15, 0.2) is 11.6 Å². The molecule has 0 spiro atoms. The van der Waals surface area contributed by atoms with Crippen LogP contribution in [-0.4, -0.2) is 49.4 Å². The summed E-state index contributed by atoms with van der Waals surface area (Å²) in [5, 5.41) is 13.3. The van der Waals surface area contributed by atoms with Crippen LogP contribution in [0.15, 0.2) is 17.6 Å². The van der Waals surface area contributed by atoms with Gasteiger partial charge >= 0.3 is 0 Å². The van der Waals surface area contributed by atoms with E-state index in [0.717, 1.165) is 30.0 Å². The lowest BCUT2D eigenvalue weighted by Gasteiger charge is -2.24. The molecule has 0 radical (unpaired) electrons. The number of carbonyl (C=O) groups is 1. The lowest BCUT2D eigenvalue weighted by Crippen LogP contribution is -2.38. The smallest absolute Gasteiger partial charge is 0.257 e. The Morgan fingerprint density at radius 1 is 1.20 bits per heavy atom. The van der Waals surface area contributed by atoms with Crippen molar-refractivity contribution in [1.82, 2.24) is 25.1 Å². The van der Waals surface area contributed by atoms with Gasteiger partial charge in [-0.25, -0.2) is 18.7 Å². The molecular weight excluding hydrogens is 472 g/mol. The van der Waals surface area contributed by atoms with Crippen LogP contribution in [0.3, 0.4) is 0 Å². The first kappa shape index (κ1) is 22.5. The molecule has 0 aromatic carbocycles. The molecule has 0 amide bonds. The molecule has 1 unspecified atom stereocenters. The van der Waals surface area contributed by atoms with Crippen LogP contribution in [0.2, 0.25) is 0 Å². The molecule has 1 saturated heterocycles. The number of halogens is 2. The van der Waals surface area contributed by atoms with Crippen LogP contribution in [0, 0.1) is 0 Å². The van der Waals surface area contributed by atoms with Gasteiger partial charge in [-0.1, -0.05) is 12.8 Å². The number of Topliss-reactive ketones (excluding diaryl/α,β-unsaturated/α-hetero) is 1. The number of anilines is 3. The molecule has 3 aromatic rings. The normalized spacial score (nSPS) is 21.5. The first-order valence-electron chi connectivity index (χ1n) is 12.2. The second-order valence-electron chi connectivity index (χ2n) is 9.74. The van der Waals surface area contributed by atoms with Gasteiger partial charge in [-0.15, -0.1) is 11.3 Å². The average Bonchev–Trinajstić information content (AvgIpc) is 3.63. The van der Waals surface area contributed by atoms with Gasteiger partial charge in [0.25, 0.3) is 5.92 Å². The van der Waals surface area contributed by atoms with E-state index in [0.29, 0.717) is 47.7 Å². The molecule has 11 heteroatoms.